The maximum absolute atomic E-state index is 5.15. The first-order valence-corrected chi connectivity index (χ1v) is 2.17. The molecule has 0 heterocycles. The second-order valence-corrected chi connectivity index (χ2v) is 1.60. The van der Waals surface area contributed by atoms with Crippen molar-refractivity contribution in [2.45, 2.75) is 18.9 Å². The van der Waals surface area contributed by atoms with E-state index in [2.05, 4.69) is 4.84 Å². The molecule has 0 atom stereocenters. The summed E-state index contributed by atoms with van der Waals surface area (Å²) < 4.78 is 0. The minimum absolute atomic E-state index is 0.650. The summed E-state index contributed by atoms with van der Waals surface area (Å²) in [6.45, 7) is 0. The molecular formula is C3H6ClN. The Morgan fingerprint density at radius 1 is 1.60 bits per heavy atom. The van der Waals surface area contributed by atoms with Crippen molar-refractivity contribution < 1.29 is 0 Å². The maximum Gasteiger partial charge on any atom is 0.0222 e. The van der Waals surface area contributed by atoms with Gasteiger partial charge in [-0.1, -0.05) is 0 Å². The average molecular weight is 91.5 g/mol. The molecule has 0 amide bonds. The monoisotopic (exact) mass is 91.0 g/mol. The standard InChI is InChI=1S/C3H6ClN/c4-5-3-1-2-3/h3,5H,1-2H2. The van der Waals surface area contributed by atoms with Crippen LogP contribution < -0.4 is 4.84 Å². The lowest BCUT2D eigenvalue weighted by atomic mass is 10.8. The molecule has 2 heteroatoms. The summed E-state index contributed by atoms with van der Waals surface area (Å²) in [7, 11) is 0. The van der Waals surface area contributed by atoms with Crippen LogP contribution in [0, 0.1) is 0 Å². The summed E-state index contributed by atoms with van der Waals surface area (Å²) in [4.78, 5) is 2.61. The topological polar surface area (TPSA) is 12.0 Å². The van der Waals surface area contributed by atoms with E-state index in [4.69, 9.17) is 11.8 Å². The molecule has 1 nitrogen and oxygen atoms in total. The molecule has 1 saturated carbocycles. The van der Waals surface area contributed by atoms with E-state index in [-0.39, 0.29) is 0 Å². The van der Waals surface area contributed by atoms with Gasteiger partial charge in [0.15, 0.2) is 0 Å². The third-order valence-electron chi connectivity index (χ3n) is 0.732. The van der Waals surface area contributed by atoms with E-state index in [0.717, 1.165) is 0 Å². The van der Waals surface area contributed by atoms with Crippen LogP contribution in [-0.4, -0.2) is 6.04 Å². The van der Waals surface area contributed by atoms with Gasteiger partial charge in [-0.05, 0) is 24.6 Å². The van der Waals surface area contributed by atoms with E-state index in [1.165, 1.54) is 12.8 Å². The van der Waals surface area contributed by atoms with Gasteiger partial charge in [-0.2, -0.15) is 0 Å². The molecule has 0 aliphatic heterocycles. The van der Waals surface area contributed by atoms with Crippen molar-refractivity contribution >= 4 is 11.8 Å². The van der Waals surface area contributed by atoms with E-state index in [9.17, 15) is 0 Å². The molecule has 0 aromatic carbocycles. The van der Waals surface area contributed by atoms with Gasteiger partial charge in [0.2, 0.25) is 0 Å². The van der Waals surface area contributed by atoms with Gasteiger partial charge in [0.25, 0.3) is 0 Å². The van der Waals surface area contributed by atoms with Gasteiger partial charge in [0.05, 0.1) is 0 Å². The van der Waals surface area contributed by atoms with E-state index in [1.54, 1.807) is 0 Å². The van der Waals surface area contributed by atoms with Crippen molar-refractivity contribution in [1.29, 1.82) is 0 Å². The number of rotatable bonds is 1. The SMILES string of the molecule is ClNC1CC1. The van der Waals surface area contributed by atoms with E-state index < -0.39 is 0 Å². The Balaban J connectivity index is 2.00. The second-order valence-electron chi connectivity index (χ2n) is 1.38. The van der Waals surface area contributed by atoms with Crippen molar-refractivity contribution in [3.05, 3.63) is 0 Å². The predicted octanol–water partition coefficient (Wildman–Crippen LogP) is 0.892. The smallest absolute Gasteiger partial charge is 0.0222 e. The molecule has 5 heavy (non-hydrogen) atoms. The molecule has 1 aliphatic rings. The number of nitrogens with one attached hydrogen (secondary N) is 1. The molecule has 1 aliphatic carbocycles. The summed E-state index contributed by atoms with van der Waals surface area (Å²) in [5.74, 6) is 0. The Hall–Kier alpha value is 0.250. The Bertz CT molecular complexity index is 33.9. The highest BCUT2D eigenvalue weighted by atomic mass is 35.5. The molecule has 0 spiro atoms. The number of hydrogen-bond donors (Lipinski definition) is 1. The van der Waals surface area contributed by atoms with Crippen molar-refractivity contribution in [3.8, 4) is 0 Å². The highest BCUT2D eigenvalue weighted by Gasteiger charge is 2.18. The lowest BCUT2D eigenvalue weighted by molar-refractivity contribution is 0.958. The largest absolute Gasteiger partial charge is 0.230 e. The van der Waals surface area contributed by atoms with Crippen LogP contribution in [0.1, 0.15) is 12.8 Å². The lowest BCUT2D eigenvalue weighted by Gasteiger charge is -1.76. The van der Waals surface area contributed by atoms with Gasteiger partial charge in [-0.3, -0.25) is 0 Å². The van der Waals surface area contributed by atoms with Crippen LogP contribution in [-0.2, 0) is 0 Å². The van der Waals surface area contributed by atoms with E-state index in [0.29, 0.717) is 6.04 Å². The molecule has 1 fully saturated rings. The zero-order chi connectivity index (χ0) is 3.70. The molecule has 1 rings (SSSR count). The van der Waals surface area contributed by atoms with Crippen molar-refractivity contribution in [2.24, 2.45) is 0 Å². The predicted molar refractivity (Wildman–Crippen MR) is 22.0 cm³/mol. The Labute approximate surface area is 36.4 Å². The van der Waals surface area contributed by atoms with E-state index in [1.807, 2.05) is 0 Å². The second kappa shape index (κ2) is 1.15. The summed E-state index contributed by atoms with van der Waals surface area (Å²) in [5, 5.41) is 0. The molecule has 0 radical (unpaired) electrons. The van der Waals surface area contributed by atoms with Crippen molar-refractivity contribution in [3.63, 3.8) is 0 Å². The quantitative estimate of drug-likeness (QED) is 0.473. The fraction of sp³-hybridized carbons (Fsp3) is 1.00. The highest BCUT2D eigenvalue weighted by molar-refractivity contribution is 6.13. The number of halogens is 1. The van der Waals surface area contributed by atoms with Crippen LogP contribution >= 0.6 is 11.8 Å². The first-order valence-electron chi connectivity index (χ1n) is 1.79. The fourth-order valence-corrected chi connectivity index (χ4v) is 0.411. The van der Waals surface area contributed by atoms with Gasteiger partial charge in [-0.25, -0.2) is 4.84 Å². The average Bonchev–Trinajstić information content (AvgIpc) is 2.12. The molecule has 1 N–H and O–H groups in total. The summed E-state index contributed by atoms with van der Waals surface area (Å²) in [6, 6.07) is 0.650. The summed E-state index contributed by atoms with van der Waals surface area (Å²) >= 11 is 5.15. The molecule has 30 valence electrons. The third kappa shape index (κ3) is 0.781. The highest BCUT2D eigenvalue weighted by Crippen LogP contribution is 2.18. The molecule has 0 aromatic heterocycles. The van der Waals surface area contributed by atoms with Crippen LogP contribution in [0.4, 0.5) is 0 Å². The van der Waals surface area contributed by atoms with Crippen LogP contribution in [0.3, 0.4) is 0 Å². The molecule has 0 bridgehead atoms. The molecular weight excluding hydrogens is 85.5 g/mol. The Morgan fingerprint density at radius 3 is 2.20 bits per heavy atom. The molecule has 0 aromatic rings. The maximum atomic E-state index is 5.15. The first-order chi connectivity index (χ1) is 2.43. The summed E-state index contributed by atoms with van der Waals surface area (Å²) in [6.07, 6.45) is 2.53. The minimum atomic E-state index is 0.650. The van der Waals surface area contributed by atoms with Crippen molar-refractivity contribution in [1.82, 2.24) is 4.84 Å². The summed E-state index contributed by atoms with van der Waals surface area (Å²) in [5.41, 5.74) is 0. The van der Waals surface area contributed by atoms with Crippen molar-refractivity contribution in [2.75, 3.05) is 0 Å². The van der Waals surface area contributed by atoms with Gasteiger partial charge in [-0.15, -0.1) is 0 Å². The van der Waals surface area contributed by atoms with E-state index >= 15 is 0 Å². The minimum Gasteiger partial charge on any atom is -0.230 e. The van der Waals surface area contributed by atoms with Gasteiger partial charge < -0.3 is 0 Å². The zero-order valence-corrected chi connectivity index (χ0v) is 3.63. The normalized spacial score (nSPS) is 23.4. The van der Waals surface area contributed by atoms with Crippen LogP contribution in [0.15, 0.2) is 0 Å². The molecule has 0 unspecified atom stereocenters. The Morgan fingerprint density at radius 2 is 2.20 bits per heavy atom. The number of hydrogen-bond acceptors (Lipinski definition) is 1. The Kier molecular flexibility index (Phi) is 0.791. The van der Waals surface area contributed by atoms with Crippen LogP contribution in [0.2, 0.25) is 0 Å². The first kappa shape index (κ1) is 3.44. The van der Waals surface area contributed by atoms with Gasteiger partial charge in [0.1, 0.15) is 0 Å². The molecule has 0 saturated heterocycles. The van der Waals surface area contributed by atoms with Gasteiger partial charge in [0, 0.05) is 6.04 Å². The third-order valence-corrected chi connectivity index (χ3v) is 1.04. The lowest BCUT2D eigenvalue weighted by Crippen LogP contribution is -1.97. The van der Waals surface area contributed by atoms with Gasteiger partial charge >= 0.3 is 0 Å². The fourth-order valence-electron chi connectivity index (χ4n) is 0.192. The van der Waals surface area contributed by atoms with Crippen LogP contribution in [0.25, 0.3) is 0 Å². The van der Waals surface area contributed by atoms with Crippen LogP contribution in [0.5, 0.6) is 0 Å². The zero-order valence-electron chi connectivity index (χ0n) is 2.87.